The molecule has 0 spiro atoms. The molecule has 0 aromatic heterocycles. The molecule has 0 radical (unpaired) electrons. The summed E-state index contributed by atoms with van der Waals surface area (Å²) in [4.78, 5) is 25.9. The fraction of sp³-hybridized carbons (Fsp3) is 0.875. The minimum Gasteiger partial charge on any atom is -0.335 e. The summed E-state index contributed by atoms with van der Waals surface area (Å²) < 4.78 is 0. The number of amides is 3. The summed E-state index contributed by atoms with van der Waals surface area (Å²) in [5.41, 5.74) is 5.95. The molecule has 2 rings (SSSR count). The van der Waals surface area contributed by atoms with Crippen LogP contribution in [-0.2, 0) is 4.79 Å². The monoisotopic (exact) mass is 346 g/mol. The van der Waals surface area contributed by atoms with E-state index in [1.54, 1.807) is 0 Å². The highest BCUT2D eigenvalue weighted by Gasteiger charge is 2.24. The van der Waals surface area contributed by atoms with Gasteiger partial charge in [-0.25, -0.2) is 4.79 Å². The minimum absolute atomic E-state index is 0. The van der Waals surface area contributed by atoms with Crippen molar-refractivity contribution in [2.24, 2.45) is 11.7 Å². The highest BCUT2D eigenvalue weighted by Crippen LogP contribution is 2.18. The maximum Gasteiger partial charge on any atom is 0.321 e. The number of hydrogen-bond acceptors (Lipinski definition) is 4. The van der Waals surface area contributed by atoms with E-state index in [9.17, 15) is 9.59 Å². The highest BCUT2D eigenvalue weighted by molar-refractivity contribution is 5.95. The number of halogens is 1. The average molecular weight is 347 g/mol. The summed E-state index contributed by atoms with van der Waals surface area (Å²) >= 11 is 0. The van der Waals surface area contributed by atoms with E-state index in [-0.39, 0.29) is 43.0 Å². The van der Waals surface area contributed by atoms with Gasteiger partial charge >= 0.3 is 6.03 Å². The summed E-state index contributed by atoms with van der Waals surface area (Å²) in [6.45, 7) is 4.05. The van der Waals surface area contributed by atoms with Crippen LogP contribution in [0.25, 0.3) is 0 Å². The number of carbonyl (C=O) groups excluding carboxylic acids is 2. The number of imide groups is 1. The van der Waals surface area contributed by atoms with Crippen LogP contribution in [0.4, 0.5) is 4.79 Å². The van der Waals surface area contributed by atoms with Gasteiger partial charge in [0, 0.05) is 18.6 Å². The van der Waals surface area contributed by atoms with Gasteiger partial charge in [0.05, 0.1) is 6.54 Å². The third-order valence-electron chi connectivity index (χ3n) is 4.85. The fourth-order valence-electron chi connectivity index (χ4n) is 3.50. The molecule has 2 atom stereocenters. The zero-order valence-electron chi connectivity index (χ0n) is 14.1. The van der Waals surface area contributed by atoms with Crippen LogP contribution in [0, 0.1) is 5.92 Å². The number of carbonyl (C=O) groups is 2. The number of urea groups is 1. The highest BCUT2D eigenvalue weighted by atomic mass is 35.5. The minimum atomic E-state index is -0.349. The van der Waals surface area contributed by atoms with Gasteiger partial charge in [0.2, 0.25) is 5.91 Å². The van der Waals surface area contributed by atoms with Crippen molar-refractivity contribution in [1.82, 2.24) is 15.5 Å². The van der Waals surface area contributed by atoms with E-state index in [1.807, 2.05) is 6.92 Å². The van der Waals surface area contributed by atoms with Crippen molar-refractivity contribution in [3.63, 3.8) is 0 Å². The Labute approximate surface area is 145 Å². The smallest absolute Gasteiger partial charge is 0.321 e. The first-order valence-corrected chi connectivity index (χ1v) is 8.63. The van der Waals surface area contributed by atoms with Gasteiger partial charge in [-0.1, -0.05) is 19.3 Å². The van der Waals surface area contributed by atoms with Gasteiger partial charge in [-0.3, -0.25) is 15.0 Å². The molecule has 7 heteroatoms. The maximum absolute atomic E-state index is 12.0. The van der Waals surface area contributed by atoms with Crippen LogP contribution in [0.15, 0.2) is 0 Å². The standard InChI is InChI=1S/C16H30N4O2.ClH/c1-12(17)13-6-5-9-20(10-13)11-15(21)19-16(22)18-14-7-3-2-4-8-14;/h12-14H,2-11,17H2,1H3,(H2,18,19,21,22);1H. The largest absolute Gasteiger partial charge is 0.335 e. The first kappa shape index (κ1) is 20.2. The van der Waals surface area contributed by atoms with E-state index >= 15 is 0 Å². The Morgan fingerprint density at radius 1 is 1.17 bits per heavy atom. The lowest BCUT2D eigenvalue weighted by Gasteiger charge is -2.34. The molecule has 6 nitrogen and oxygen atoms in total. The lowest BCUT2D eigenvalue weighted by atomic mass is 9.92. The summed E-state index contributed by atoms with van der Waals surface area (Å²) in [6, 6.07) is 0.0251. The van der Waals surface area contributed by atoms with Crippen molar-refractivity contribution in [3.8, 4) is 0 Å². The molecule has 1 aliphatic heterocycles. The molecule has 0 aromatic carbocycles. The zero-order chi connectivity index (χ0) is 15.9. The second-order valence-corrected chi connectivity index (χ2v) is 6.85. The average Bonchev–Trinajstić information content (AvgIpc) is 2.48. The topological polar surface area (TPSA) is 87.5 Å². The molecule has 1 heterocycles. The van der Waals surface area contributed by atoms with Crippen molar-refractivity contribution < 1.29 is 9.59 Å². The molecule has 1 saturated carbocycles. The molecule has 2 fully saturated rings. The number of piperidine rings is 1. The van der Waals surface area contributed by atoms with E-state index in [0.29, 0.717) is 5.92 Å². The predicted molar refractivity (Wildman–Crippen MR) is 93.6 cm³/mol. The molecule has 0 aromatic rings. The number of hydrogen-bond donors (Lipinski definition) is 3. The molecule has 4 N–H and O–H groups in total. The third-order valence-corrected chi connectivity index (χ3v) is 4.85. The number of likely N-dealkylation sites (tertiary alicyclic amines) is 1. The summed E-state index contributed by atoms with van der Waals surface area (Å²) in [5, 5.41) is 5.36. The van der Waals surface area contributed by atoms with Crippen LogP contribution in [0.1, 0.15) is 51.9 Å². The van der Waals surface area contributed by atoms with Gasteiger partial charge in [0.1, 0.15) is 0 Å². The molecule has 1 saturated heterocycles. The van der Waals surface area contributed by atoms with Gasteiger partial charge in [0.15, 0.2) is 0 Å². The summed E-state index contributed by atoms with van der Waals surface area (Å²) in [5.74, 6) is 0.219. The summed E-state index contributed by atoms with van der Waals surface area (Å²) in [7, 11) is 0. The first-order chi connectivity index (χ1) is 10.5. The van der Waals surface area contributed by atoms with Crippen molar-refractivity contribution in [3.05, 3.63) is 0 Å². The van der Waals surface area contributed by atoms with Gasteiger partial charge < -0.3 is 11.1 Å². The number of rotatable bonds is 4. The molecule has 134 valence electrons. The van der Waals surface area contributed by atoms with Crippen LogP contribution in [0.2, 0.25) is 0 Å². The zero-order valence-corrected chi connectivity index (χ0v) is 14.9. The summed E-state index contributed by atoms with van der Waals surface area (Å²) in [6.07, 6.45) is 7.78. The lowest BCUT2D eigenvalue weighted by Crippen LogP contribution is -2.50. The van der Waals surface area contributed by atoms with Crippen molar-refractivity contribution in [2.45, 2.75) is 64.0 Å². The van der Waals surface area contributed by atoms with Crippen LogP contribution in [-0.4, -0.2) is 48.6 Å². The van der Waals surface area contributed by atoms with Crippen molar-refractivity contribution in [1.29, 1.82) is 0 Å². The van der Waals surface area contributed by atoms with E-state index < -0.39 is 0 Å². The van der Waals surface area contributed by atoms with E-state index in [2.05, 4.69) is 15.5 Å². The van der Waals surface area contributed by atoms with Crippen molar-refractivity contribution in [2.75, 3.05) is 19.6 Å². The van der Waals surface area contributed by atoms with Gasteiger partial charge in [-0.15, -0.1) is 12.4 Å². The molecule has 2 aliphatic rings. The number of nitrogens with one attached hydrogen (secondary N) is 2. The van der Waals surface area contributed by atoms with E-state index in [0.717, 1.165) is 51.6 Å². The lowest BCUT2D eigenvalue weighted by molar-refractivity contribution is -0.121. The molecular weight excluding hydrogens is 316 g/mol. The van der Waals surface area contributed by atoms with Gasteiger partial charge in [0.25, 0.3) is 0 Å². The second-order valence-electron chi connectivity index (χ2n) is 6.85. The van der Waals surface area contributed by atoms with Crippen LogP contribution < -0.4 is 16.4 Å². The van der Waals surface area contributed by atoms with E-state index in [1.165, 1.54) is 6.42 Å². The number of nitrogens with zero attached hydrogens (tertiary/aromatic N) is 1. The second kappa shape index (κ2) is 10.1. The van der Waals surface area contributed by atoms with Gasteiger partial charge in [-0.05, 0) is 45.1 Å². The molecule has 0 bridgehead atoms. The first-order valence-electron chi connectivity index (χ1n) is 8.63. The Kier molecular flexibility index (Phi) is 8.87. The predicted octanol–water partition coefficient (Wildman–Crippen LogP) is 1.63. The van der Waals surface area contributed by atoms with Gasteiger partial charge in [-0.2, -0.15) is 0 Å². The SMILES string of the molecule is CC(N)C1CCCN(CC(=O)NC(=O)NC2CCCCC2)C1.Cl. The molecular formula is C16H31ClN4O2. The Bertz CT molecular complexity index is 386. The van der Waals surface area contributed by atoms with E-state index in [4.69, 9.17) is 5.73 Å². The molecule has 1 aliphatic carbocycles. The number of nitrogens with two attached hydrogens (primary N) is 1. The third kappa shape index (κ3) is 7.06. The molecule has 2 unspecified atom stereocenters. The Morgan fingerprint density at radius 3 is 2.52 bits per heavy atom. The quantitative estimate of drug-likeness (QED) is 0.722. The van der Waals surface area contributed by atoms with Crippen LogP contribution in [0.3, 0.4) is 0 Å². The Balaban J connectivity index is 0.00000264. The van der Waals surface area contributed by atoms with Crippen molar-refractivity contribution >= 4 is 24.3 Å². The maximum atomic E-state index is 12.0. The Morgan fingerprint density at radius 2 is 1.87 bits per heavy atom. The molecule has 23 heavy (non-hydrogen) atoms. The van der Waals surface area contributed by atoms with Crippen LogP contribution >= 0.6 is 12.4 Å². The molecule has 3 amide bonds. The Hall–Kier alpha value is -0.850. The fourth-order valence-corrected chi connectivity index (χ4v) is 3.50. The normalized spacial score (nSPS) is 24.3. The van der Waals surface area contributed by atoms with Crippen LogP contribution in [0.5, 0.6) is 0 Å².